The van der Waals surface area contributed by atoms with Crippen molar-refractivity contribution in [1.82, 2.24) is 9.97 Å². The third-order valence-corrected chi connectivity index (χ3v) is 4.17. The van der Waals surface area contributed by atoms with Crippen LogP contribution in [0.25, 0.3) is 0 Å². The molecule has 6 heteroatoms. The molecule has 1 aromatic heterocycles. The number of nitrogens with one attached hydrogen (secondary N) is 2. The van der Waals surface area contributed by atoms with E-state index in [1.165, 1.54) is 11.8 Å². The molecule has 0 fully saturated rings. The lowest BCUT2D eigenvalue weighted by atomic mass is 10.1. The molecule has 1 heterocycles. The average molecular weight is 390 g/mol. The van der Waals surface area contributed by atoms with Crippen molar-refractivity contribution in [2.75, 3.05) is 17.2 Å². The first kappa shape index (κ1) is 20.3. The van der Waals surface area contributed by atoms with Crippen molar-refractivity contribution in [1.29, 1.82) is 0 Å². The van der Waals surface area contributed by atoms with E-state index in [2.05, 4.69) is 32.7 Å². The van der Waals surface area contributed by atoms with E-state index < -0.39 is 0 Å². The van der Waals surface area contributed by atoms with Gasteiger partial charge in [0, 0.05) is 6.54 Å². The van der Waals surface area contributed by atoms with Crippen molar-refractivity contribution in [3.05, 3.63) is 78.2 Å². The SMILES string of the molecule is CC(C)Oc1ccccc1NC(=O)c1cnc(NCCCc2ccccc2)cn1. The Morgan fingerprint density at radius 1 is 1.00 bits per heavy atom. The lowest BCUT2D eigenvalue weighted by Gasteiger charge is -2.14. The van der Waals surface area contributed by atoms with Crippen molar-refractivity contribution in [3.8, 4) is 5.75 Å². The summed E-state index contributed by atoms with van der Waals surface area (Å²) < 4.78 is 5.73. The molecule has 0 saturated carbocycles. The van der Waals surface area contributed by atoms with Crippen molar-refractivity contribution in [3.63, 3.8) is 0 Å². The van der Waals surface area contributed by atoms with Crippen LogP contribution in [0.15, 0.2) is 67.0 Å². The minimum absolute atomic E-state index is 0.0140. The van der Waals surface area contributed by atoms with Crippen LogP contribution in [-0.4, -0.2) is 28.5 Å². The van der Waals surface area contributed by atoms with Gasteiger partial charge in [-0.3, -0.25) is 4.79 Å². The summed E-state index contributed by atoms with van der Waals surface area (Å²) >= 11 is 0. The Hall–Kier alpha value is -3.41. The van der Waals surface area contributed by atoms with E-state index in [0.29, 0.717) is 17.3 Å². The maximum absolute atomic E-state index is 12.5. The topological polar surface area (TPSA) is 76.1 Å². The molecular formula is C23H26N4O2. The van der Waals surface area contributed by atoms with Crippen LogP contribution in [0, 0.1) is 0 Å². The number of aryl methyl sites for hydroxylation is 1. The standard InChI is InChI=1S/C23H26N4O2/c1-17(2)29-21-13-7-6-12-19(21)27-23(28)20-15-26-22(16-25-20)24-14-8-11-18-9-4-3-5-10-18/h3-7,9-10,12-13,15-17H,8,11,14H2,1-2H3,(H,24,26)(H,27,28). The summed E-state index contributed by atoms with van der Waals surface area (Å²) in [5, 5.41) is 6.07. The van der Waals surface area contributed by atoms with Crippen molar-refractivity contribution >= 4 is 17.4 Å². The van der Waals surface area contributed by atoms with Crippen LogP contribution in [0.1, 0.15) is 36.3 Å². The van der Waals surface area contributed by atoms with Crippen molar-refractivity contribution in [2.45, 2.75) is 32.8 Å². The molecule has 2 N–H and O–H groups in total. The molecule has 150 valence electrons. The van der Waals surface area contributed by atoms with E-state index in [9.17, 15) is 4.79 Å². The Morgan fingerprint density at radius 2 is 1.76 bits per heavy atom. The smallest absolute Gasteiger partial charge is 0.275 e. The number of hydrogen-bond donors (Lipinski definition) is 2. The van der Waals surface area contributed by atoms with Crippen LogP contribution in [0.2, 0.25) is 0 Å². The summed E-state index contributed by atoms with van der Waals surface area (Å²) in [4.78, 5) is 21.0. The zero-order chi connectivity index (χ0) is 20.5. The molecule has 1 amide bonds. The van der Waals surface area contributed by atoms with E-state index in [4.69, 9.17) is 4.74 Å². The molecule has 0 aliphatic rings. The van der Waals surface area contributed by atoms with Gasteiger partial charge in [0.1, 0.15) is 17.3 Å². The van der Waals surface area contributed by atoms with E-state index in [1.807, 2.05) is 50.2 Å². The van der Waals surface area contributed by atoms with Crippen molar-refractivity contribution in [2.24, 2.45) is 0 Å². The van der Waals surface area contributed by atoms with Gasteiger partial charge in [-0.1, -0.05) is 42.5 Å². The molecule has 0 bridgehead atoms. The van der Waals surface area contributed by atoms with E-state index in [1.54, 1.807) is 12.3 Å². The third kappa shape index (κ3) is 6.31. The zero-order valence-electron chi connectivity index (χ0n) is 16.8. The second-order valence-electron chi connectivity index (χ2n) is 6.92. The van der Waals surface area contributed by atoms with Gasteiger partial charge in [-0.15, -0.1) is 0 Å². The minimum Gasteiger partial charge on any atom is -0.489 e. The fraction of sp³-hybridized carbons (Fsp3) is 0.261. The second-order valence-corrected chi connectivity index (χ2v) is 6.92. The molecular weight excluding hydrogens is 364 g/mol. The fourth-order valence-electron chi connectivity index (χ4n) is 2.80. The summed E-state index contributed by atoms with van der Waals surface area (Å²) in [6.07, 6.45) is 5.05. The van der Waals surface area contributed by atoms with E-state index in [0.717, 1.165) is 19.4 Å². The van der Waals surface area contributed by atoms with Gasteiger partial charge in [-0.2, -0.15) is 0 Å². The lowest BCUT2D eigenvalue weighted by Crippen LogP contribution is -2.16. The van der Waals surface area contributed by atoms with Crippen LogP contribution in [0.4, 0.5) is 11.5 Å². The van der Waals surface area contributed by atoms with Gasteiger partial charge in [0.2, 0.25) is 0 Å². The van der Waals surface area contributed by atoms with Crippen LogP contribution in [-0.2, 0) is 6.42 Å². The maximum Gasteiger partial charge on any atom is 0.275 e. The minimum atomic E-state index is -0.326. The van der Waals surface area contributed by atoms with E-state index >= 15 is 0 Å². The Labute approximate surface area is 171 Å². The Balaban J connectivity index is 1.51. The number of carbonyl (C=O) groups is 1. The van der Waals surface area contributed by atoms with Gasteiger partial charge in [-0.25, -0.2) is 9.97 Å². The average Bonchev–Trinajstić information content (AvgIpc) is 2.73. The summed E-state index contributed by atoms with van der Waals surface area (Å²) in [6, 6.07) is 17.7. The number of rotatable bonds is 9. The first-order chi connectivity index (χ1) is 14.1. The highest BCUT2D eigenvalue weighted by Gasteiger charge is 2.12. The van der Waals surface area contributed by atoms with Gasteiger partial charge in [-0.05, 0) is 44.4 Å². The molecule has 0 atom stereocenters. The number of nitrogens with zero attached hydrogens (tertiary/aromatic N) is 2. The number of hydrogen-bond acceptors (Lipinski definition) is 5. The summed E-state index contributed by atoms with van der Waals surface area (Å²) in [7, 11) is 0. The largest absolute Gasteiger partial charge is 0.489 e. The number of benzene rings is 2. The Morgan fingerprint density at radius 3 is 2.48 bits per heavy atom. The molecule has 0 aliphatic carbocycles. The number of ether oxygens (including phenoxy) is 1. The Bertz CT molecular complexity index is 912. The summed E-state index contributed by atoms with van der Waals surface area (Å²) in [6.45, 7) is 4.67. The van der Waals surface area contributed by atoms with Crippen molar-refractivity contribution < 1.29 is 9.53 Å². The number of aromatic nitrogens is 2. The molecule has 3 rings (SSSR count). The normalized spacial score (nSPS) is 10.6. The molecule has 6 nitrogen and oxygen atoms in total. The highest BCUT2D eigenvalue weighted by atomic mass is 16.5. The van der Waals surface area contributed by atoms with Crippen LogP contribution in [0.5, 0.6) is 5.75 Å². The van der Waals surface area contributed by atoms with Gasteiger partial charge >= 0.3 is 0 Å². The predicted molar refractivity (Wildman–Crippen MR) is 115 cm³/mol. The van der Waals surface area contributed by atoms with Crippen LogP contribution >= 0.6 is 0 Å². The molecule has 0 spiro atoms. The highest BCUT2D eigenvalue weighted by molar-refractivity contribution is 6.03. The Kier molecular flexibility index (Phi) is 7.16. The monoisotopic (exact) mass is 390 g/mol. The van der Waals surface area contributed by atoms with Gasteiger partial charge in [0.25, 0.3) is 5.91 Å². The molecule has 29 heavy (non-hydrogen) atoms. The summed E-state index contributed by atoms with van der Waals surface area (Å²) in [5.74, 6) is 0.951. The zero-order valence-corrected chi connectivity index (χ0v) is 16.8. The first-order valence-corrected chi connectivity index (χ1v) is 9.78. The fourth-order valence-corrected chi connectivity index (χ4v) is 2.80. The van der Waals surface area contributed by atoms with Crippen LogP contribution < -0.4 is 15.4 Å². The predicted octanol–water partition coefficient (Wildman–Crippen LogP) is 4.56. The molecule has 0 radical (unpaired) electrons. The number of amides is 1. The number of anilines is 2. The first-order valence-electron chi connectivity index (χ1n) is 9.78. The molecule has 0 saturated heterocycles. The third-order valence-electron chi connectivity index (χ3n) is 4.17. The maximum atomic E-state index is 12.5. The lowest BCUT2D eigenvalue weighted by molar-refractivity contribution is 0.102. The summed E-state index contributed by atoms with van der Waals surface area (Å²) in [5.41, 5.74) is 2.17. The number of carbonyl (C=O) groups excluding carboxylic acids is 1. The quantitative estimate of drug-likeness (QED) is 0.524. The van der Waals surface area contributed by atoms with Gasteiger partial charge < -0.3 is 15.4 Å². The second kappa shape index (κ2) is 10.2. The van der Waals surface area contributed by atoms with Crippen LogP contribution in [0.3, 0.4) is 0 Å². The van der Waals surface area contributed by atoms with Gasteiger partial charge in [0.05, 0.1) is 24.2 Å². The highest BCUT2D eigenvalue weighted by Crippen LogP contribution is 2.25. The van der Waals surface area contributed by atoms with Gasteiger partial charge in [0.15, 0.2) is 0 Å². The molecule has 0 aliphatic heterocycles. The molecule has 0 unspecified atom stereocenters. The molecule has 3 aromatic rings. The molecule has 2 aromatic carbocycles. The number of para-hydroxylation sites is 2. The van der Waals surface area contributed by atoms with E-state index in [-0.39, 0.29) is 17.7 Å².